The Kier molecular flexibility index (Phi) is 7.52. The molecular formula is C29H30ClN5O3S2. The third-order valence-corrected chi connectivity index (χ3v) is 8.36. The van der Waals surface area contributed by atoms with E-state index >= 15 is 0 Å². The van der Waals surface area contributed by atoms with Gasteiger partial charge in [-0.2, -0.15) is 0 Å². The Bertz CT molecular complexity index is 1710. The van der Waals surface area contributed by atoms with Crippen LogP contribution in [0.1, 0.15) is 40.3 Å². The zero-order valence-electron chi connectivity index (χ0n) is 22.8. The van der Waals surface area contributed by atoms with Gasteiger partial charge in [0.05, 0.1) is 36.8 Å². The van der Waals surface area contributed by atoms with Crippen molar-refractivity contribution in [2.75, 3.05) is 23.0 Å². The predicted molar refractivity (Wildman–Crippen MR) is 164 cm³/mol. The topological polar surface area (TPSA) is 88.5 Å². The molecule has 1 aliphatic heterocycles. The number of hydrogen-bond donors (Lipinski definition) is 2. The molecule has 2 atom stereocenters. The van der Waals surface area contributed by atoms with Gasteiger partial charge in [0.25, 0.3) is 0 Å². The zero-order chi connectivity index (χ0) is 28.8. The molecule has 2 aromatic carbocycles. The molecule has 1 fully saturated rings. The number of nitrogens with one attached hydrogen (secondary N) is 2. The molecule has 4 aromatic rings. The Morgan fingerprint density at radius 1 is 1.02 bits per heavy atom. The molecular weight excluding hydrogens is 566 g/mol. The van der Waals surface area contributed by atoms with Gasteiger partial charge in [-0.25, -0.2) is 8.42 Å². The van der Waals surface area contributed by atoms with Gasteiger partial charge in [-0.3, -0.25) is 9.71 Å². The number of ether oxygens (including phenoxy) is 1. The number of hydrogen-bond acceptors (Lipinski definition) is 5. The molecule has 5 rings (SSSR count). The van der Waals surface area contributed by atoms with Gasteiger partial charge >= 0.3 is 0 Å². The fourth-order valence-electron chi connectivity index (χ4n) is 5.50. The molecule has 208 valence electrons. The Hall–Kier alpha value is -3.60. The predicted octanol–water partition coefficient (Wildman–Crippen LogP) is 6.01. The summed E-state index contributed by atoms with van der Waals surface area (Å²) < 4.78 is 34.5. The molecule has 8 nitrogen and oxygen atoms in total. The summed E-state index contributed by atoms with van der Waals surface area (Å²) in [6.07, 6.45) is 2.87. The minimum atomic E-state index is -3.55. The molecule has 0 saturated carbocycles. The van der Waals surface area contributed by atoms with Crippen LogP contribution in [0, 0.1) is 20.8 Å². The third-order valence-electron chi connectivity index (χ3n) is 7.22. The average Bonchev–Trinajstić information content (AvgIpc) is 3.35. The maximum absolute atomic E-state index is 12.1. The maximum Gasteiger partial charge on any atom is 0.229 e. The Morgan fingerprint density at radius 2 is 1.80 bits per heavy atom. The van der Waals surface area contributed by atoms with E-state index in [1.807, 2.05) is 53.4 Å². The highest BCUT2D eigenvalue weighted by atomic mass is 35.5. The standard InChI is InChI=1S/C29H30ClN5O3S2/c1-17-18(2)34(21-10-8-9-20(30)15-21)19(3)26(17)28-27(23-11-6-7-14-31-23)32-29(39)35(28)22-12-13-25(38-4)24(16-22)33-40(5,36)37/h6-16,27-28,33H,1-5H3,(H,32,39)/t27-,28+/m1/s1. The lowest BCUT2D eigenvalue weighted by Gasteiger charge is -2.29. The smallest absolute Gasteiger partial charge is 0.229 e. The molecule has 0 spiro atoms. The summed E-state index contributed by atoms with van der Waals surface area (Å²) >= 11 is 12.3. The van der Waals surface area contributed by atoms with E-state index in [2.05, 4.69) is 40.4 Å². The Morgan fingerprint density at radius 3 is 2.45 bits per heavy atom. The molecule has 3 heterocycles. The number of aromatic nitrogens is 2. The summed E-state index contributed by atoms with van der Waals surface area (Å²) in [5.74, 6) is 0.403. The first-order chi connectivity index (χ1) is 19.0. The quantitative estimate of drug-likeness (QED) is 0.253. The summed E-state index contributed by atoms with van der Waals surface area (Å²) in [7, 11) is -2.06. The first kappa shape index (κ1) is 27.9. The first-order valence-corrected chi connectivity index (χ1v) is 15.3. The largest absolute Gasteiger partial charge is 0.495 e. The van der Waals surface area contributed by atoms with E-state index in [1.165, 1.54) is 7.11 Å². The number of nitrogens with zero attached hydrogens (tertiary/aromatic N) is 3. The van der Waals surface area contributed by atoms with Gasteiger partial charge in [0.2, 0.25) is 10.0 Å². The summed E-state index contributed by atoms with van der Waals surface area (Å²) in [5.41, 5.74) is 7.18. The van der Waals surface area contributed by atoms with Crippen molar-refractivity contribution in [3.63, 3.8) is 0 Å². The number of anilines is 2. The molecule has 2 N–H and O–H groups in total. The van der Waals surface area contributed by atoms with Crippen LogP contribution in [0.4, 0.5) is 11.4 Å². The highest BCUT2D eigenvalue weighted by Gasteiger charge is 2.43. The van der Waals surface area contributed by atoms with E-state index < -0.39 is 10.0 Å². The molecule has 0 radical (unpaired) electrons. The van der Waals surface area contributed by atoms with Crippen molar-refractivity contribution in [1.29, 1.82) is 0 Å². The van der Waals surface area contributed by atoms with Crippen molar-refractivity contribution in [3.05, 3.63) is 100 Å². The van der Waals surface area contributed by atoms with E-state index in [4.69, 9.17) is 28.6 Å². The minimum absolute atomic E-state index is 0.269. The molecule has 0 amide bonds. The van der Waals surface area contributed by atoms with Gasteiger partial charge in [-0.05, 0) is 87.1 Å². The monoisotopic (exact) mass is 595 g/mol. The van der Waals surface area contributed by atoms with Crippen molar-refractivity contribution < 1.29 is 13.2 Å². The van der Waals surface area contributed by atoms with Crippen LogP contribution in [-0.2, 0) is 10.0 Å². The van der Waals surface area contributed by atoms with Crippen LogP contribution in [0.2, 0.25) is 5.02 Å². The van der Waals surface area contributed by atoms with E-state index in [0.717, 1.165) is 40.2 Å². The highest BCUT2D eigenvalue weighted by Crippen LogP contribution is 2.46. The fraction of sp³-hybridized carbons (Fsp3) is 0.241. The number of halogens is 1. The van der Waals surface area contributed by atoms with Gasteiger partial charge in [0, 0.05) is 39.5 Å². The van der Waals surface area contributed by atoms with E-state index in [-0.39, 0.29) is 12.1 Å². The molecule has 1 saturated heterocycles. The van der Waals surface area contributed by atoms with Crippen LogP contribution in [0.5, 0.6) is 5.75 Å². The van der Waals surface area contributed by atoms with Crippen molar-refractivity contribution in [1.82, 2.24) is 14.9 Å². The highest BCUT2D eigenvalue weighted by molar-refractivity contribution is 7.92. The van der Waals surface area contributed by atoms with E-state index in [0.29, 0.717) is 27.3 Å². The second kappa shape index (κ2) is 10.8. The van der Waals surface area contributed by atoms with Crippen LogP contribution in [0.15, 0.2) is 66.9 Å². The first-order valence-electron chi connectivity index (χ1n) is 12.6. The second-order valence-corrected chi connectivity index (χ2v) is 12.4. The van der Waals surface area contributed by atoms with E-state index in [9.17, 15) is 8.42 Å². The molecule has 0 unspecified atom stereocenters. The summed E-state index contributed by atoms with van der Waals surface area (Å²) in [4.78, 5) is 6.69. The van der Waals surface area contributed by atoms with Crippen LogP contribution in [0.25, 0.3) is 5.69 Å². The molecule has 0 aliphatic carbocycles. The Labute approximate surface area is 245 Å². The minimum Gasteiger partial charge on any atom is -0.495 e. The maximum atomic E-state index is 12.1. The summed E-state index contributed by atoms with van der Waals surface area (Å²) in [6.45, 7) is 6.30. The van der Waals surface area contributed by atoms with Crippen LogP contribution >= 0.6 is 23.8 Å². The molecule has 11 heteroatoms. The number of sulfonamides is 1. The fourth-order valence-corrected chi connectivity index (χ4v) is 6.59. The van der Waals surface area contributed by atoms with Crippen LogP contribution in [-0.4, -0.2) is 36.4 Å². The van der Waals surface area contributed by atoms with Crippen molar-refractivity contribution in [2.45, 2.75) is 32.9 Å². The van der Waals surface area contributed by atoms with Gasteiger partial charge in [0.1, 0.15) is 5.75 Å². The SMILES string of the molecule is COc1ccc(N2C(=S)N[C@H](c3ccccn3)[C@@H]2c2c(C)c(C)n(-c3cccc(Cl)c3)c2C)cc1NS(C)(=O)=O. The zero-order valence-corrected chi connectivity index (χ0v) is 25.2. The number of methoxy groups -OCH3 is 1. The van der Waals surface area contributed by atoms with Crippen molar-refractivity contribution >= 4 is 50.3 Å². The van der Waals surface area contributed by atoms with Crippen LogP contribution < -0.4 is 19.7 Å². The van der Waals surface area contributed by atoms with Crippen LogP contribution in [0.3, 0.4) is 0 Å². The van der Waals surface area contributed by atoms with E-state index in [1.54, 1.807) is 18.3 Å². The van der Waals surface area contributed by atoms with Crippen molar-refractivity contribution in [2.24, 2.45) is 0 Å². The number of pyridine rings is 1. The van der Waals surface area contributed by atoms with Gasteiger partial charge in [-0.1, -0.05) is 23.7 Å². The average molecular weight is 596 g/mol. The van der Waals surface area contributed by atoms with Gasteiger partial charge in [0.15, 0.2) is 5.11 Å². The molecule has 2 aromatic heterocycles. The Balaban J connectivity index is 1.73. The van der Waals surface area contributed by atoms with Gasteiger partial charge in [-0.15, -0.1) is 0 Å². The number of rotatable bonds is 7. The molecule has 40 heavy (non-hydrogen) atoms. The van der Waals surface area contributed by atoms with Crippen molar-refractivity contribution in [3.8, 4) is 11.4 Å². The lowest BCUT2D eigenvalue weighted by atomic mass is 9.93. The summed E-state index contributed by atoms with van der Waals surface area (Å²) in [6, 6.07) is 18.4. The van der Waals surface area contributed by atoms with Gasteiger partial charge < -0.3 is 19.5 Å². The normalized spacial score (nSPS) is 17.1. The number of thiocarbonyl (C=S) groups is 1. The lowest BCUT2D eigenvalue weighted by molar-refractivity contribution is 0.417. The summed E-state index contributed by atoms with van der Waals surface area (Å²) in [5, 5.41) is 4.65. The molecule has 0 bridgehead atoms. The third kappa shape index (κ3) is 5.14. The second-order valence-electron chi connectivity index (χ2n) is 9.78. The lowest BCUT2D eigenvalue weighted by Crippen LogP contribution is -2.30. The number of benzene rings is 2. The molecule has 1 aliphatic rings.